The van der Waals surface area contributed by atoms with E-state index in [-0.39, 0.29) is 17.8 Å². The summed E-state index contributed by atoms with van der Waals surface area (Å²) in [4.78, 5) is 38.0. The highest BCUT2D eigenvalue weighted by atomic mass is 35.5. The van der Waals surface area contributed by atoms with E-state index in [1.807, 2.05) is 0 Å². The lowest BCUT2D eigenvalue weighted by molar-refractivity contribution is 0.0600. The van der Waals surface area contributed by atoms with Crippen LogP contribution in [-0.2, 0) is 4.74 Å². The normalized spacial score (nSPS) is 14.1. The molecule has 1 heterocycles. The third-order valence-corrected chi connectivity index (χ3v) is 5.46. The number of carbonyl (C=O) groups excluding carboxylic acids is 1. The summed E-state index contributed by atoms with van der Waals surface area (Å²) in [6.45, 7) is 0. The summed E-state index contributed by atoms with van der Waals surface area (Å²) in [5.74, 6) is -0.000721. The molecule has 1 aliphatic rings. The number of carbonyl (C=O) groups is 2. The van der Waals surface area contributed by atoms with Crippen LogP contribution in [0, 0.1) is 5.92 Å². The molecule has 0 aliphatic heterocycles. The highest BCUT2D eigenvalue weighted by Gasteiger charge is 2.34. The van der Waals surface area contributed by atoms with Crippen molar-refractivity contribution in [3.05, 3.63) is 69.1 Å². The Morgan fingerprint density at radius 1 is 1.26 bits per heavy atom. The Morgan fingerprint density at radius 3 is 2.58 bits per heavy atom. The van der Waals surface area contributed by atoms with Gasteiger partial charge in [0.15, 0.2) is 5.82 Å². The molecule has 3 aromatic rings. The first kappa shape index (κ1) is 20.7. The van der Waals surface area contributed by atoms with Gasteiger partial charge in [0.2, 0.25) is 0 Å². The predicted octanol–water partition coefficient (Wildman–Crippen LogP) is 3.39. The van der Waals surface area contributed by atoms with Crippen LogP contribution in [0.25, 0.3) is 17.1 Å². The number of nitrogens with one attached hydrogen (secondary N) is 2. The fraction of sp³-hybridized carbons (Fsp3) is 0.238. The summed E-state index contributed by atoms with van der Waals surface area (Å²) in [5.41, 5.74) is 1.56. The van der Waals surface area contributed by atoms with Crippen molar-refractivity contribution in [2.24, 2.45) is 5.92 Å². The fourth-order valence-electron chi connectivity index (χ4n) is 3.43. The molecular weight excluding hydrogens is 424 g/mol. The zero-order valence-corrected chi connectivity index (χ0v) is 17.2. The Hall–Kier alpha value is -3.59. The van der Waals surface area contributed by atoms with Crippen molar-refractivity contribution in [1.82, 2.24) is 20.1 Å². The molecule has 1 aromatic heterocycles. The molecular formula is C21H19ClN4O5. The Labute approximate surface area is 181 Å². The van der Waals surface area contributed by atoms with Crippen molar-refractivity contribution < 1.29 is 19.4 Å². The molecule has 1 aliphatic carbocycles. The summed E-state index contributed by atoms with van der Waals surface area (Å²) < 4.78 is 5.83. The zero-order valence-electron chi connectivity index (χ0n) is 16.5. The number of carboxylic acid groups (broad SMARTS) is 1. The van der Waals surface area contributed by atoms with Gasteiger partial charge in [-0.2, -0.15) is 4.68 Å². The third kappa shape index (κ3) is 4.31. The molecule has 0 saturated heterocycles. The van der Waals surface area contributed by atoms with Crippen LogP contribution in [0.15, 0.2) is 47.3 Å². The van der Waals surface area contributed by atoms with Crippen molar-refractivity contribution >= 4 is 23.7 Å². The van der Waals surface area contributed by atoms with Gasteiger partial charge in [-0.15, -0.1) is 5.10 Å². The van der Waals surface area contributed by atoms with Gasteiger partial charge in [0.05, 0.1) is 29.4 Å². The van der Waals surface area contributed by atoms with Gasteiger partial charge in [0.25, 0.3) is 0 Å². The summed E-state index contributed by atoms with van der Waals surface area (Å²) in [5, 5.41) is 16.4. The van der Waals surface area contributed by atoms with E-state index >= 15 is 0 Å². The van der Waals surface area contributed by atoms with Gasteiger partial charge >= 0.3 is 17.8 Å². The number of aromatic nitrogens is 3. The molecule has 1 saturated carbocycles. The number of aromatic amines is 1. The molecule has 160 valence electrons. The second-order valence-electron chi connectivity index (χ2n) is 7.23. The smallest absolute Gasteiger partial charge is 0.405 e. The molecule has 2 aromatic carbocycles. The van der Waals surface area contributed by atoms with Gasteiger partial charge in [-0.25, -0.2) is 14.4 Å². The van der Waals surface area contributed by atoms with Gasteiger partial charge in [-0.05, 0) is 60.7 Å². The van der Waals surface area contributed by atoms with Crippen LogP contribution in [0.4, 0.5) is 4.79 Å². The first-order chi connectivity index (χ1) is 14.9. The number of methoxy groups -OCH3 is 1. The number of hydrogen-bond acceptors (Lipinski definition) is 5. The number of ether oxygens (including phenoxy) is 1. The van der Waals surface area contributed by atoms with Crippen LogP contribution in [-0.4, -0.2) is 39.0 Å². The molecule has 31 heavy (non-hydrogen) atoms. The molecule has 3 N–H and O–H groups in total. The number of halogens is 1. The Bertz CT molecular complexity index is 1200. The fourth-order valence-corrected chi connectivity index (χ4v) is 3.64. The van der Waals surface area contributed by atoms with E-state index in [2.05, 4.69) is 20.1 Å². The molecule has 0 spiro atoms. The predicted molar refractivity (Wildman–Crippen MR) is 113 cm³/mol. The molecule has 4 rings (SSSR count). The zero-order chi connectivity index (χ0) is 22.1. The van der Waals surface area contributed by atoms with E-state index < -0.39 is 17.8 Å². The SMILES string of the molecule is COC(=O)c1ccc(-n2nc(-c3cc(C(NC(=O)O)C4CC4)ccc3Cl)[nH]c2=O)cc1. The highest BCUT2D eigenvalue weighted by Crippen LogP contribution is 2.42. The molecule has 0 radical (unpaired) electrons. The number of rotatable bonds is 6. The summed E-state index contributed by atoms with van der Waals surface area (Å²) in [6, 6.07) is 11.0. The van der Waals surface area contributed by atoms with Crippen molar-refractivity contribution in [1.29, 1.82) is 0 Å². The van der Waals surface area contributed by atoms with Crippen molar-refractivity contribution in [2.75, 3.05) is 7.11 Å². The van der Waals surface area contributed by atoms with Crippen LogP contribution in [0.2, 0.25) is 5.02 Å². The minimum absolute atomic E-state index is 0.232. The summed E-state index contributed by atoms with van der Waals surface area (Å²) in [7, 11) is 1.29. The monoisotopic (exact) mass is 442 g/mol. The van der Waals surface area contributed by atoms with Gasteiger partial charge in [0, 0.05) is 5.56 Å². The quantitative estimate of drug-likeness (QED) is 0.502. The lowest BCUT2D eigenvalue weighted by atomic mass is 10.00. The van der Waals surface area contributed by atoms with Crippen LogP contribution >= 0.6 is 11.6 Å². The van der Waals surface area contributed by atoms with Crippen LogP contribution < -0.4 is 11.0 Å². The van der Waals surface area contributed by atoms with Crippen molar-refractivity contribution in [3.8, 4) is 17.1 Å². The average molecular weight is 443 g/mol. The van der Waals surface area contributed by atoms with Crippen molar-refractivity contribution in [3.63, 3.8) is 0 Å². The number of hydrogen-bond donors (Lipinski definition) is 3. The topological polar surface area (TPSA) is 126 Å². The molecule has 1 fully saturated rings. The van der Waals surface area contributed by atoms with E-state index in [0.29, 0.717) is 21.8 Å². The second kappa shape index (κ2) is 8.27. The van der Waals surface area contributed by atoms with E-state index in [9.17, 15) is 14.4 Å². The van der Waals surface area contributed by atoms with Crippen molar-refractivity contribution in [2.45, 2.75) is 18.9 Å². The Balaban J connectivity index is 1.68. The number of esters is 1. The lowest BCUT2D eigenvalue weighted by Gasteiger charge is -2.17. The second-order valence-corrected chi connectivity index (χ2v) is 7.64. The molecule has 1 atom stereocenters. The first-order valence-corrected chi connectivity index (χ1v) is 9.92. The minimum Gasteiger partial charge on any atom is -0.465 e. The Morgan fingerprint density at radius 2 is 1.97 bits per heavy atom. The van der Waals surface area contributed by atoms with Gasteiger partial charge in [0.1, 0.15) is 0 Å². The lowest BCUT2D eigenvalue weighted by Crippen LogP contribution is -2.28. The molecule has 0 bridgehead atoms. The first-order valence-electron chi connectivity index (χ1n) is 9.54. The van der Waals surface area contributed by atoms with Crippen LogP contribution in [0.3, 0.4) is 0 Å². The molecule has 9 nitrogen and oxygen atoms in total. The standard InChI is InChI=1S/C21H19ClN4O5/c1-31-19(27)12-4-7-14(8-5-12)26-20(28)24-18(25-26)15-10-13(6-9-16(15)22)17(11-2-3-11)23-21(29)30/h4-11,17,23H,2-3H2,1H3,(H,29,30)(H,24,25,28). The maximum absolute atomic E-state index is 12.5. The van der Waals surface area contributed by atoms with E-state index in [0.717, 1.165) is 23.1 Å². The van der Waals surface area contributed by atoms with E-state index in [1.54, 1.807) is 30.3 Å². The van der Waals surface area contributed by atoms with E-state index in [1.165, 1.54) is 19.2 Å². The number of benzene rings is 2. The van der Waals surface area contributed by atoms with Gasteiger partial charge < -0.3 is 15.2 Å². The van der Waals surface area contributed by atoms with Gasteiger partial charge in [-0.1, -0.05) is 17.7 Å². The summed E-state index contributed by atoms with van der Waals surface area (Å²) >= 11 is 6.36. The summed E-state index contributed by atoms with van der Waals surface area (Å²) in [6.07, 6.45) is 0.785. The highest BCUT2D eigenvalue weighted by molar-refractivity contribution is 6.33. The maximum atomic E-state index is 12.5. The van der Waals surface area contributed by atoms with E-state index in [4.69, 9.17) is 16.7 Å². The third-order valence-electron chi connectivity index (χ3n) is 5.13. The van der Waals surface area contributed by atoms with Gasteiger partial charge in [-0.3, -0.25) is 4.98 Å². The Kier molecular flexibility index (Phi) is 5.51. The van der Waals surface area contributed by atoms with Crippen LogP contribution in [0.5, 0.6) is 0 Å². The number of H-pyrrole nitrogens is 1. The van der Waals surface area contributed by atoms with Crippen LogP contribution in [0.1, 0.15) is 34.8 Å². The number of amides is 1. The molecule has 10 heteroatoms. The number of nitrogens with zero attached hydrogens (tertiary/aromatic N) is 2. The minimum atomic E-state index is -1.10. The molecule has 1 amide bonds. The maximum Gasteiger partial charge on any atom is 0.405 e. The molecule has 1 unspecified atom stereocenters. The largest absolute Gasteiger partial charge is 0.465 e. The average Bonchev–Trinajstić information content (AvgIpc) is 3.53.